The number of rotatable bonds is 7. The van der Waals surface area contributed by atoms with Gasteiger partial charge in [0.2, 0.25) is 0 Å². The second-order valence-electron chi connectivity index (χ2n) is 8.29. The molecule has 1 aliphatic carbocycles. The summed E-state index contributed by atoms with van der Waals surface area (Å²) in [6.07, 6.45) is 8.79. The summed E-state index contributed by atoms with van der Waals surface area (Å²) in [6.45, 7) is 0. The van der Waals surface area contributed by atoms with E-state index in [1.54, 1.807) is 0 Å². The summed E-state index contributed by atoms with van der Waals surface area (Å²) in [4.78, 5) is 0. The van der Waals surface area contributed by atoms with Crippen molar-refractivity contribution >= 4 is 17.7 Å². The van der Waals surface area contributed by atoms with Gasteiger partial charge in [-0.2, -0.15) is 0 Å². The first-order chi connectivity index (χ1) is 14.8. The topological polar surface area (TPSA) is 9.23 Å². The fourth-order valence-electron chi connectivity index (χ4n) is 4.87. The van der Waals surface area contributed by atoms with Crippen molar-refractivity contribution < 1.29 is 4.74 Å². The van der Waals surface area contributed by atoms with Gasteiger partial charge in [0.1, 0.15) is 0 Å². The van der Waals surface area contributed by atoms with Gasteiger partial charge in [-0.05, 0) is 0 Å². The first kappa shape index (κ1) is 21.2. The van der Waals surface area contributed by atoms with Crippen molar-refractivity contribution in [3.05, 3.63) is 119 Å². The van der Waals surface area contributed by atoms with Crippen LogP contribution in [0.25, 0.3) is 0 Å². The van der Waals surface area contributed by atoms with E-state index in [0.29, 0.717) is 5.92 Å². The summed E-state index contributed by atoms with van der Waals surface area (Å²) in [6, 6.07) is 32.1. The van der Waals surface area contributed by atoms with Gasteiger partial charge in [-0.1, -0.05) is 0 Å². The van der Waals surface area contributed by atoms with E-state index in [4.69, 9.17) is 4.74 Å². The summed E-state index contributed by atoms with van der Waals surface area (Å²) >= 11 is 2.11. The Bertz CT molecular complexity index is 818. The first-order valence-electron chi connectivity index (χ1n) is 11.3. The summed E-state index contributed by atoms with van der Waals surface area (Å²) in [5.41, 5.74) is 2.87. The van der Waals surface area contributed by atoms with Crippen molar-refractivity contribution in [3.63, 3.8) is 0 Å². The third-order valence-electron chi connectivity index (χ3n) is 6.35. The molecule has 3 aromatic carbocycles. The molecule has 0 saturated heterocycles. The summed E-state index contributed by atoms with van der Waals surface area (Å²) in [5, 5.41) is 0. The molecule has 4 rings (SSSR count). The molecule has 0 radical (unpaired) electrons. The molecule has 1 fully saturated rings. The van der Waals surface area contributed by atoms with Crippen LogP contribution in [0.5, 0.6) is 0 Å². The van der Waals surface area contributed by atoms with Crippen molar-refractivity contribution in [2.45, 2.75) is 43.8 Å². The van der Waals surface area contributed by atoms with E-state index in [-0.39, 0.29) is 6.10 Å². The molecule has 0 aliphatic heterocycles. The number of benzene rings is 3. The third kappa shape index (κ3) is 4.50. The molecule has 0 amide bonds. The molecule has 30 heavy (non-hydrogen) atoms. The zero-order valence-electron chi connectivity index (χ0n) is 17.9. The number of hydrogen-bond acceptors (Lipinski definition) is 1. The zero-order valence-corrected chi connectivity index (χ0v) is 17.9. The predicted octanol–water partition coefficient (Wildman–Crippen LogP) is 6.63. The third-order valence-corrected chi connectivity index (χ3v) is 6.35. The van der Waals surface area contributed by atoms with Crippen molar-refractivity contribution in [3.8, 4) is 0 Å². The van der Waals surface area contributed by atoms with Crippen LogP contribution in [-0.4, -0.2) is 23.8 Å². The van der Waals surface area contributed by atoms with Gasteiger partial charge >= 0.3 is 191 Å². The Hall–Kier alpha value is -2.04. The van der Waals surface area contributed by atoms with Crippen LogP contribution >= 0.6 is 0 Å². The Morgan fingerprint density at radius 2 is 1.13 bits per heavy atom. The zero-order chi connectivity index (χ0) is 20.7. The minimum absolute atomic E-state index is 0.0796. The molecule has 0 N–H and O–H groups in total. The predicted molar refractivity (Wildman–Crippen MR) is 126 cm³/mol. The van der Waals surface area contributed by atoms with Gasteiger partial charge in [0.05, 0.1) is 0 Å². The Morgan fingerprint density at radius 1 is 0.700 bits per heavy atom. The maximum absolute atomic E-state index is 7.29. The van der Waals surface area contributed by atoms with Crippen LogP contribution in [0.3, 0.4) is 0 Å². The molecule has 1 atom stereocenters. The van der Waals surface area contributed by atoms with Crippen molar-refractivity contribution in [2.75, 3.05) is 0 Å². The van der Waals surface area contributed by atoms with E-state index in [9.17, 15) is 0 Å². The van der Waals surface area contributed by atoms with Crippen LogP contribution in [0.2, 0.25) is 0 Å². The van der Waals surface area contributed by atoms with Crippen LogP contribution in [-0.2, 0) is 10.3 Å². The molecule has 1 aliphatic rings. The number of ether oxygens (including phenoxy) is 1. The SMILES string of the molecule is [Li]/[CH]=C/C(OC(c1ccccc1)(c1ccccc1)c1ccccc1)C1CCCCC1. The molecule has 0 heterocycles. The Kier molecular flexibility index (Phi) is 7.29. The minimum atomic E-state index is -0.647. The van der Waals surface area contributed by atoms with E-state index >= 15 is 0 Å². The molecule has 1 nitrogen and oxygen atoms in total. The van der Waals surface area contributed by atoms with Crippen LogP contribution in [0.15, 0.2) is 102 Å². The average Bonchev–Trinajstić information content (AvgIpc) is 2.84. The van der Waals surface area contributed by atoms with E-state index in [2.05, 4.69) is 120 Å². The number of hydrogen-bond donors (Lipinski definition) is 0. The Morgan fingerprint density at radius 3 is 1.53 bits per heavy atom. The van der Waals surface area contributed by atoms with E-state index in [1.807, 2.05) is 0 Å². The first-order valence-corrected chi connectivity index (χ1v) is 11.3. The molecule has 0 bridgehead atoms. The molecule has 1 unspecified atom stereocenters. The normalized spacial score (nSPS) is 16.6. The molecule has 0 spiro atoms. The quantitative estimate of drug-likeness (QED) is 0.326. The average molecular weight is 388 g/mol. The van der Waals surface area contributed by atoms with Crippen molar-refractivity contribution in [1.82, 2.24) is 0 Å². The van der Waals surface area contributed by atoms with Crippen LogP contribution in [0.1, 0.15) is 48.8 Å². The van der Waals surface area contributed by atoms with E-state index in [1.165, 1.54) is 48.8 Å². The fraction of sp³-hybridized carbons (Fsp3) is 0.286. The molecule has 148 valence electrons. The maximum atomic E-state index is 7.29. The van der Waals surface area contributed by atoms with Crippen LogP contribution in [0, 0.1) is 5.92 Å². The standard InChI is InChI=1S/C28H29O.Li/c1-2-27(23-15-7-3-8-16-23)29-28(24-17-9-4-10-18-24,25-19-11-5-12-20-25)26-21-13-6-14-22-26;/h1-2,4-6,9-14,17-23,27H,3,7-8,15-16H2;. The van der Waals surface area contributed by atoms with Crippen LogP contribution < -0.4 is 0 Å². The Labute approximate surface area is 190 Å². The Balaban J connectivity index is 1.89. The van der Waals surface area contributed by atoms with Gasteiger partial charge in [-0.3, -0.25) is 0 Å². The molecular formula is C28H29LiO. The van der Waals surface area contributed by atoms with Crippen molar-refractivity contribution in [1.29, 1.82) is 0 Å². The van der Waals surface area contributed by atoms with E-state index < -0.39 is 5.60 Å². The van der Waals surface area contributed by atoms with Crippen LogP contribution in [0.4, 0.5) is 0 Å². The fourth-order valence-corrected chi connectivity index (χ4v) is 4.87. The molecular weight excluding hydrogens is 359 g/mol. The molecule has 2 heteroatoms. The summed E-state index contributed by atoms with van der Waals surface area (Å²) < 4.78 is 9.45. The van der Waals surface area contributed by atoms with Gasteiger partial charge in [0.25, 0.3) is 0 Å². The monoisotopic (exact) mass is 388 g/mol. The van der Waals surface area contributed by atoms with Gasteiger partial charge < -0.3 is 0 Å². The van der Waals surface area contributed by atoms with Gasteiger partial charge in [-0.25, -0.2) is 0 Å². The second-order valence-corrected chi connectivity index (χ2v) is 8.29. The molecule has 3 aromatic rings. The molecule has 1 saturated carbocycles. The van der Waals surface area contributed by atoms with Gasteiger partial charge in [0.15, 0.2) is 0 Å². The van der Waals surface area contributed by atoms with Gasteiger partial charge in [0, 0.05) is 0 Å². The van der Waals surface area contributed by atoms with E-state index in [0.717, 1.165) is 0 Å². The van der Waals surface area contributed by atoms with Crippen molar-refractivity contribution in [2.24, 2.45) is 5.92 Å². The second kappa shape index (κ2) is 10.3. The van der Waals surface area contributed by atoms with Gasteiger partial charge in [-0.15, -0.1) is 0 Å². The summed E-state index contributed by atoms with van der Waals surface area (Å²) in [7, 11) is 0. The summed E-state index contributed by atoms with van der Waals surface area (Å²) in [5.74, 6) is 0.561. The molecule has 0 aromatic heterocycles.